The molecule has 0 spiro atoms. The molecule has 1 fully saturated rings. The zero-order valence-corrected chi connectivity index (χ0v) is 16.4. The summed E-state index contributed by atoms with van der Waals surface area (Å²) in [5, 5.41) is 2.73. The predicted molar refractivity (Wildman–Crippen MR) is 101 cm³/mol. The van der Waals surface area contributed by atoms with Crippen LogP contribution in [0.1, 0.15) is 59.3 Å². The molecule has 1 heterocycles. The van der Waals surface area contributed by atoms with Crippen molar-refractivity contribution in [3.8, 4) is 0 Å². The fourth-order valence-electron chi connectivity index (χ4n) is 2.84. The molecule has 1 unspecified atom stereocenters. The first-order valence-electron chi connectivity index (χ1n) is 8.94. The fraction of sp³-hybridized carbons (Fsp3) is 0.579. The van der Waals surface area contributed by atoms with Gasteiger partial charge in [0.25, 0.3) is 0 Å². The number of carbonyl (C=O) groups excluding carboxylic acids is 2. The molecular formula is C19H28BNO5. The number of esters is 1. The number of amides is 1. The first-order chi connectivity index (χ1) is 12.1. The van der Waals surface area contributed by atoms with Gasteiger partial charge in [0.1, 0.15) is 0 Å². The van der Waals surface area contributed by atoms with E-state index in [-0.39, 0.29) is 24.1 Å². The first kappa shape index (κ1) is 20.5. The normalized spacial score (nSPS) is 19.1. The van der Waals surface area contributed by atoms with Crippen LogP contribution in [0.3, 0.4) is 0 Å². The van der Waals surface area contributed by atoms with Crippen molar-refractivity contribution in [2.24, 2.45) is 0 Å². The third-order valence-corrected chi connectivity index (χ3v) is 4.95. The van der Waals surface area contributed by atoms with Gasteiger partial charge in [-0.3, -0.25) is 9.59 Å². The Morgan fingerprint density at radius 1 is 1.12 bits per heavy atom. The van der Waals surface area contributed by atoms with Gasteiger partial charge in [0, 0.05) is 18.4 Å². The minimum Gasteiger partial charge on any atom is -0.466 e. The molecule has 1 aliphatic heterocycles. The fourth-order valence-corrected chi connectivity index (χ4v) is 2.84. The monoisotopic (exact) mass is 361 g/mol. The Bertz CT molecular complexity index is 640. The van der Waals surface area contributed by atoms with Gasteiger partial charge in [-0.05, 0) is 52.3 Å². The van der Waals surface area contributed by atoms with E-state index in [2.05, 4.69) is 5.32 Å². The van der Waals surface area contributed by atoms with E-state index in [0.29, 0.717) is 12.3 Å². The van der Waals surface area contributed by atoms with Gasteiger partial charge < -0.3 is 19.4 Å². The van der Waals surface area contributed by atoms with Crippen LogP contribution in [0.5, 0.6) is 0 Å². The molecule has 1 aromatic carbocycles. The van der Waals surface area contributed by atoms with Crippen molar-refractivity contribution < 1.29 is 23.6 Å². The lowest BCUT2D eigenvalue weighted by Crippen LogP contribution is -2.41. The van der Waals surface area contributed by atoms with Gasteiger partial charge >= 0.3 is 13.1 Å². The SMILES string of the molecule is CCOC(=O)CC(B1OC(C)(C)C(C)(C)O1)c1ccc(NC(C)=O)cc1. The van der Waals surface area contributed by atoms with E-state index in [4.69, 9.17) is 14.0 Å². The Kier molecular flexibility index (Phi) is 6.14. The third-order valence-electron chi connectivity index (χ3n) is 4.95. The number of ether oxygens (including phenoxy) is 1. The van der Waals surface area contributed by atoms with Crippen LogP contribution in [-0.2, 0) is 23.6 Å². The number of carbonyl (C=O) groups is 2. The molecule has 1 amide bonds. The van der Waals surface area contributed by atoms with Crippen molar-refractivity contribution in [3.05, 3.63) is 29.8 Å². The molecule has 1 N–H and O–H groups in total. The van der Waals surface area contributed by atoms with Crippen molar-refractivity contribution in [1.82, 2.24) is 0 Å². The number of anilines is 1. The average Bonchev–Trinajstić information content (AvgIpc) is 2.73. The molecule has 0 aliphatic carbocycles. The highest BCUT2D eigenvalue weighted by Crippen LogP contribution is 2.42. The molecule has 6 nitrogen and oxygen atoms in total. The minimum atomic E-state index is -0.559. The Hall–Kier alpha value is -1.86. The molecule has 0 radical (unpaired) electrons. The van der Waals surface area contributed by atoms with Gasteiger partial charge in [0.05, 0.1) is 24.2 Å². The van der Waals surface area contributed by atoms with E-state index < -0.39 is 18.3 Å². The summed E-state index contributed by atoms with van der Waals surface area (Å²) in [5.74, 6) is -0.730. The van der Waals surface area contributed by atoms with Crippen molar-refractivity contribution >= 4 is 24.7 Å². The maximum absolute atomic E-state index is 12.1. The lowest BCUT2D eigenvalue weighted by atomic mass is 9.66. The van der Waals surface area contributed by atoms with Crippen molar-refractivity contribution in [3.63, 3.8) is 0 Å². The summed E-state index contributed by atoms with van der Waals surface area (Å²) in [6.45, 7) is 11.5. The second-order valence-corrected chi connectivity index (χ2v) is 7.54. The summed E-state index contributed by atoms with van der Waals surface area (Å²) in [7, 11) is -0.559. The molecule has 26 heavy (non-hydrogen) atoms. The minimum absolute atomic E-state index is 0.133. The summed E-state index contributed by atoms with van der Waals surface area (Å²) in [4.78, 5) is 23.3. The highest BCUT2D eigenvalue weighted by atomic mass is 16.7. The summed E-state index contributed by atoms with van der Waals surface area (Å²) in [6, 6.07) is 7.36. The second kappa shape index (κ2) is 7.80. The van der Waals surface area contributed by atoms with Crippen LogP contribution < -0.4 is 5.32 Å². The third kappa shape index (κ3) is 4.65. The Morgan fingerprint density at radius 2 is 1.65 bits per heavy atom. The van der Waals surface area contributed by atoms with Gasteiger partial charge in [0.15, 0.2) is 0 Å². The van der Waals surface area contributed by atoms with Gasteiger partial charge in [-0.25, -0.2) is 0 Å². The van der Waals surface area contributed by atoms with Crippen molar-refractivity contribution in [2.75, 3.05) is 11.9 Å². The second-order valence-electron chi connectivity index (χ2n) is 7.54. The quantitative estimate of drug-likeness (QED) is 0.622. The molecule has 1 saturated heterocycles. The molecular weight excluding hydrogens is 333 g/mol. The van der Waals surface area contributed by atoms with Gasteiger partial charge in [-0.1, -0.05) is 12.1 Å². The average molecular weight is 361 g/mol. The summed E-state index contributed by atoms with van der Waals surface area (Å²) < 4.78 is 17.4. The van der Waals surface area contributed by atoms with E-state index in [0.717, 1.165) is 5.56 Å². The van der Waals surface area contributed by atoms with E-state index in [9.17, 15) is 9.59 Å². The number of hydrogen-bond acceptors (Lipinski definition) is 5. The van der Waals surface area contributed by atoms with Crippen molar-refractivity contribution in [2.45, 2.75) is 65.0 Å². The van der Waals surface area contributed by atoms with Gasteiger partial charge in [-0.15, -0.1) is 0 Å². The Labute approximate surface area is 155 Å². The zero-order valence-electron chi connectivity index (χ0n) is 16.4. The molecule has 142 valence electrons. The topological polar surface area (TPSA) is 73.9 Å². The Morgan fingerprint density at radius 3 is 2.12 bits per heavy atom. The highest BCUT2D eigenvalue weighted by Gasteiger charge is 2.54. The van der Waals surface area contributed by atoms with E-state index >= 15 is 0 Å². The number of hydrogen-bond donors (Lipinski definition) is 1. The summed E-state index contributed by atoms with van der Waals surface area (Å²) in [5.41, 5.74) is 0.622. The largest absolute Gasteiger partial charge is 0.466 e. The zero-order chi connectivity index (χ0) is 19.5. The Balaban J connectivity index is 2.27. The van der Waals surface area contributed by atoms with Crippen LogP contribution in [0, 0.1) is 0 Å². The van der Waals surface area contributed by atoms with Gasteiger partial charge in [0.2, 0.25) is 5.91 Å². The maximum Gasteiger partial charge on any atom is 0.466 e. The lowest BCUT2D eigenvalue weighted by molar-refractivity contribution is -0.143. The standard InChI is InChI=1S/C19H28BNO5/c1-7-24-17(23)12-16(20-25-18(3,4)19(5,6)26-20)14-8-10-15(11-9-14)21-13(2)22/h8-11,16H,7,12H2,1-6H3,(H,21,22). The smallest absolute Gasteiger partial charge is 0.466 e. The van der Waals surface area contributed by atoms with E-state index in [1.165, 1.54) is 6.92 Å². The number of rotatable bonds is 6. The van der Waals surface area contributed by atoms with Crippen LogP contribution in [0.15, 0.2) is 24.3 Å². The molecule has 0 bridgehead atoms. The van der Waals surface area contributed by atoms with Crippen LogP contribution in [-0.4, -0.2) is 36.8 Å². The molecule has 1 atom stereocenters. The maximum atomic E-state index is 12.1. The first-order valence-corrected chi connectivity index (χ1v) is 8.94. The lowest BCUT2D eigenvalue weighted by Gasteiger charge is -2.32. The number of nitrogens with one attached hydrogen (secondary N) is 1. The van der Waals surface area contributed by atoms with Crippen LogP contribution >= 0.6 is 0 Å². The molecule has 0 aromatic heterocycles. The van der Waals surface area contributed by atoms with E-state index in [1.807, 2.05) is 39.8 Å². The molecule has 1 aromatic rings. The summed E-state index contributed by atoms with van der Waals surface area (Å²) >= 11 is 0. The van der Waals surface area contributed by atoms with Crippen LogP contribution in [0.25, 0.3) is 0 Å². The van der Waals surface area contributed by atoms with Gasteiger partial charge in [-0.2, -0.15) is 0 Å². The predicted octanol–water partition coefficient (Wildman–Crippen LogP) is 3.31. The summed E-state index contributed by atoms with van der Waals surface area (Å²) in [6.07, 6.45) is 0.157. The number of benzene rings is 1. The van der Waals surface area contributed by atoms with Crippen LogP contribution in [0.2, 0.25) is 0 Å². The molecule has 1 aliphatic rings. The molecule has 7 heteroatoms. The van der Waals surface area contributed by atoms with Crippen LogP contribution in [0.4, 0.5) is 5.69 Å². The van der Waals surface area contributed by atoms with Crippen molar-refractivity contribution in [1.29, 1.82) is 0 Å². The van der Waals surface area contributed by atoms with E-state index in [1.54, 1.807) is 19.1 Å². The molecule has 0 saturated carbocycles. The molecule has 2 rings (SSSR count). The highest BCUT2D eigenvalue weighted by molar-refractivity contribution is 6.48.